The van der Waals surface area contributed by atoms with Gasteiger partial charge in [0, 0.05) is 5.56 Å². The van der Waals surface area contributed by atoms with E-state index in [1.165, 1.54) is 6.07 Å². The van der Waals surface area contributed by atoms with Gasteiger partial charge in [-0.25, -0.2) is 4.39 Å². The van der Waals surface area contributed by atoms with E-state index in [1.807, 2.05) is 0 Å². The van der Waals surface area contributed by atoms with Crippen molar-refractivity contribution in [2.75, 3.05) is 0 Å². The number of aromatic amines is 1. The number of H-pyrrole nitrogens is 1. The third kappa shape index (κ3) is 0.956. The molecular weight excluding hydrogens is 177 g/mol. The summed E-state index contributed by atoms with van der Waals surface area (Å²) in [7, 11) is 0. The van der Waals surface area contributed by atoms with Crippen LogP contribution in [0.15, 0.2) is 16.9 Å². The average molecular weight is 183 g/mol. The van der Waals surface area contributed by atoms with Gasteiger partial charge in [0.15, 0.2) is 0 Å². The minimum absolute atomic E-state index is 0.140. The molecule has 0 amide bonds. The van der Waals surface area contributed by atoms with E-state index in [4.69, 9.17) is 0 Å². The Morgan fingerprint density at radius 2 is 2.25 bits per heavy atom. The van der Waals surface area contributed by atoms with Gasteiger partial charge >= 0.3 is 4.87 Å². The molecule has 0 aliphatic heterocycles. The van der Waals surface area contributed by atoms with Crippen molar-refractivity contribution >= 4 is 21.6 Å². The summed E-state index contributed by atoms with van der Waals surface area (Å²) in [4.78, 5) is 13.3. The maximum absolute atomic E-state index is 12.9. The van der Waals surface area contributed by atoms with Crippen molar-refractivity contribution in [2.45, 2.75) is 6.92 Å². The second kappa shape index (κ2) is 2.42. The summed E-state index contributed by atoms with van der Waals surface area (Å²) in [6, 6.07) is 2.99. The highest BCUT2D eigenvalue weighted by Crippen LogP contribution is 2.20. The minimum atomic E-state index is -0.281. The molecule has 62 valence electrons. The van der Waals surface area contributed by atoms with Gasteiger partial charge in [-0.15, -0.1) is 0 Å². The van der Waals surface area contributed by atoms with Crippen LogP contribution in [0.2, 0.25) is 0 Å². The zero-order valence-corrected chi connectivity index (χ0v) is 7.17. The fraction of sp³-hybridized carbons (Fsp3) is 0.125. The van der Waals surface area contributed by atoms with Gasteiger partial charge in [-0.2, -0.15) is 0 Å². The van der Waals surface area contributed by atoms with Crippen molar-refractivity contribution in [3.8, 4) is 0 Å². The summed E-state index contributed by atoms with van der Waals surface area (Å²) in [5.74, 6) is -0.281. The first-order valence-electron chi connectivity index (χ1n) is 3.46. The molecule has 2 rings (SSSR count). The monoisotopic (exact) mass is 183 g/mol. The predicted octanol–water partition coefficient (Wildman–Crippen LogP) is 2.04. The largest absolute Gasteiger partial charge is 0.312 e. The maximum Gasteiger partial charge on any atom is 0.305 e. The zero-order valence-electron chi connectivity index (χ0n) is 6.35. The summed E-state index contributed by atoms with van der Waals surface area (Å²) in [5, 5.41) is 0. The van der Waals surface area contributed by atoms with Gasteiger partial charge in [0.05, 0.1) is 10.2 Å². The number of hydrogen-bond acceptors (Lipinski definition) is 2. The molecule has 4 heteroatoms. The van der Waals surface area contributed by atoms with E-state index in [0.717, 1.165) is 16.0 Å². The van der Waals surface area contributed by atoms with Crippen molar-refractivity contribution < 1.29 is 4.39 Å². The summed E-state index contributed by atoms with van der Waals surface area (Å²) >= 11 is 1.10. The van der Waals surface area contributed by atoms with E-state index >= 15 is 0 Å². The van der Waals surface area contributed by atoms with Gasteiger partial charge in [-0.3, -0.25) is 4.79 Å². The molecule has 0 unspecified atom stereocenters. The van der Waals surface area contributed by atoms with Crippen molar-refractivity contribution in [1.82, 2.24) is 4.98 Å². The van der Waals surface area contributed by atoms with Crippen molar-refractivity contribution in [3.63, 3.8) is 0 Å². The molecule has 2 aromatic rings. The lowest BCUT2D eigenvalue weighted by Crippen LogP contribution is -1.91. The Balaban J connectivity index is 2.99. The van der Waals surface area contributed by atoms with Gasteiger partial charge in [0.1, 0.15) is 5.82 Å². The number of benzene rings is 1. The third-order valence-electron chi connectivity index (χ3n) is 1.79. The summed E-state index contributed by atoms with van der Waals surface area (Å²) < 4.78 is 13.7. The highest BCUT2D eigenvalue weighted by molar-refractivity contribution is 7.16. The van der Waals surface area contributed by atoms with Crippen LogP contribution in [0.3, 0.4) is 0 Å². The molecule has 0 atom stereocenters. The molecule has 0 saturated heterocycles. The van der Waals surface area contributed by atoms with Crippen LogP contribution in [0.4, 0.5) is 4.39 Å². The second-order valence-electron chi connectivity index (χ2n) is 2.56. The highest BCUT2D eigenvalue weighted by atomic mass is 32.1. The van der Waals surface area contributed by atoms with Crippen LogP contribution in [0.5, 0.6) is 0 Å². The first kappa shape index (κ1) is 7.49. The average Bonchev–Trinajstić information content (AvgIpc) is 2.39. The third-order valence-corrected chi connectivity index (χ3v) is 2.64. The van der Waals surface area contributed by atoms with Crippen LogP contribution in [0, 0.1) is 12.7 Å². The molecule has 1 N–H and O–H groups in total. The summed E-state index contributed by atoms with van der Waals surface area (Å²) in [6.07, 6.45) is 0. The normalized spacial score (nSPS) is 10.8. The Morgan fingerprint density at radius 1 is 1.50 bits per heavy atom. The molecule has 0 saturated carbocycles. The Hall–Kier alpha value is -1.16. The standard InChI is InChI=1S/C8H6FNOS/c1-4-5(9)2-3-6-7(4)10-8(11)12-6/h2-3H,1H3,(H,10,11). The number of halogens is 1. The van der Waals surface area contributed by atoms with Crippen LogP contribution < -0.4 is 4.87 Å². The quantitative estimate of drug-likeness (QED) is 0.666. The van der Waals surface area contributed by atoms with Crippen LogP contribution in [-0.4, -0.2) is 4.98 Å². The first-order chi connectivity index (χ1) is 5.68. The van der Waals surface area contributed by atoms with Crippen molar-refractivity contribution in [2.24, 2.45) is 0 Å². The van der Waals surface area contributed by atoms with E-state index in [9.17, 15) is 9.18 Å². The minimum Gasteiger partial charge on any atom is -0.312 e. The summed E-state index contributed by atoms with van der Waals surface area (Å²) in [6.45, 7) is 1.65. The molecule has 1 aromatic heterocycles. The Bertz CT molecular complexity index is 485. The van der Waals surface area contributed by atoms with Crippen molar-refractivity contribution in [1.29, 1.82) is 0 Å². The van der Waals surface area contributed by atoms with Crippen LogP contribution >= 0.6 is 11.3 Å². The van der Waals surface area contributed by atoms with Crippen LogP contribution in [0.1, 0.15) is 5.56 Å². The van der Waals surface area contributed by atoms with Gasteiger partial charge in [0.25, 0.3) is 0 Å². The molecule has 1 heterocycles. The second-order valence-corrected chi connectivity index (χ2v) is 3.57. The van der Waals surface area contributed by atoms with Gasteiger partial charge < -0.3 is 4.98 Å². The maximum atomic E-state index is 12.9. The van der Waals surface area contributed by atoms with E-state index in [-0.39, 0.29) is 10.7 Å². The number of aryl methyl sites for hydroxylation is 1. The van der Waals surface area contributed by atoms with Crippen molar-refractivity contribution in [3.05, 3.63) is 33.2 Å². The van der Waals surface area contributed by atoms with Gasteiger partial charge in [0.2, 0.25) is 0 Å². The van der Waals surface area contributed by atoms with Crippen LogP contribution in [-0.2, 0) is 0 Å². The lowest BCUT2D eigenvalue weighted by Gasteiger charge is -1.95. The lowest BCUT2D eigenvalue weighted by atomic mass is 10.2. The Kier molecular flexibility index (Phi) is 1.51. The summed E-state index contributed by atoms with van der Waals surface area (Å²) in [5.41, 5.74) is 1.12. The molecule has 0 fully saturated rings. The topological polar surface area (TPSA) is 32.9 Å². The number of nitrogens with one attached hydrogen (secondary N) is 1. The molecule has 12 heavy (non-hydrogen) atoms. The van der Waals surface area contributed by atoms with E-state index in [1.54, 1.807) is 13.0 Å². The van der Waals surface area contributed by atoms with E-state index < -0.39 is 0 Å². The zero-order chi connectivity index (χ0) is 8.72. The lowest BCUT2D eigenvalue weighted by molar-refractivity contribution is 0.620. The number of fused-ring (bicyclic) bond motifs is 1. The highest BCUT2D eigenvalue weighted by Gasteiger charge is 2.05. The van der Waals surface area contributed by atoms with Crippen LogP contribution in [0.25, 0.3) is 10.2 Å². The molecule has 0 bridgehead atoms. The number of hydrogen-bond donors (Lipinski definition) is 1. The molecule has 0 aliphatic carbocycles. The predicted molar refractivity (Wildman–Crippen MR) is 47.1 cm³/mol. The molecule has 0 spiro atoms. The van der Waals surface area contributed by atoms with E-state index in [0.29, 0.717) is 11.1 Å². The molecule has 0 radical (unpaired) electrons. The Labute approximate surface area is 71.7 Å². The first-order valence-corrected chi connectivity index (χ1v) is 4.28. The number of thiazole rings is 1. The van der Waals surface area contributed by atoms with Gasteiger partial charge in [-0.1, -0.05) is 11.3 Å². The molecule has 1 aromatic carbocycles. The number of aromatic nitrogens is 1. The molecular formula is C8H6FNOS. The molecule has 2 nitrogen and oxygen atoms in total. The van der Waals surface area contributed by atoms with Gasteiger partial charge in [-0.05, 0) is 19.1 Å². The number of rotatable bonds is 0. The molecule has 0 aliphatic rings. The fourth-order valence-electron chi connectivity index (χ4n) is 1.13. The fourth-order valence-corrected chi connectivity index (χ4v) is 1.92. The Morgan fingerprint density at radius 3 is 3.00 bits per heavy atom. The SMILES string of the molecule is Cc1c(F)ccc2sc(=O)[nH]c12. The smallest absolute Gasteiger partial charge is 0.305 e. The van der Waals surface area contributed by atoms with E-state index in [2.05, 4.69) is 4.98 Å².